The molecule has 0 atom stereocenters. The fourth-order valence-corrected chi connectivity index (χ4v) is 1.44. The van der Waals surface area contributed by atoms with Crippen LogP contribution in [0.4, 0.5) is 0 Å². The van der Waals surface area contributed by atoms with Crippen molar-refractivity contribution in [1.82, 2.24) is 0 Å². The van der Waals surface area contributed by atoms with Gasteiger partial charge in [-0.25, -0.2) is 13.6 Å². The maximum Gasteiger partial charge on any atom is 0.244 e. The van der Waals surface area contributed by atoms with Crippen molar-refractivity contribution in [3.05, 3.63) is 29.8 Å². The van der Waals surface area contributed by atoms with Crippen molar-refractivity contribution in [2.24, 2.45) is 5.14 Å². The third kappa shape index (κ3) is 4.90. The van der Waals surface area contributed by atoms with E-state index in [0.717, 1.165) is 5.56 Å². The molecular formula is C10H13NO4S. The van der Waals surface area contributed by atoms with Crippen molar-refractivity contribution in [2.45, 2.75) is 13.3 Å². The highest BCUT2D eigenvalue weighted by molar-refractivity contribution is 7.88. The molecule has 0 aliphatic heterocycles. The summed E-state index contributed by atoms with van der Waals surface area (Å²) in [5.74, 6) is -0.0847. The lowest BCUT2D eigenvalue weighted by molar-refractivity contribution is -0.116. The number of ketones is 1. The van der Waals surface area contributed by atoms with Gasteiger partial charge in [0.25, 0.3) is 0 Å². The summed E-state index contributed by atoms with van der Waals surface area (Å²) in [5.41, 5.74) is 0.857. The van der Waals surface area contributed by atoms with E-state index in [1.807, 2.05) is 0 Å². The minimum atomic E-state index is -3.63. The summed E-state index contributed by atoms with van der Waals surface area (Å²) in [6.07, 6.45) is 0.357. The number of hydrogen-bond donors (Lipinski definition) is 1. The van der Waals surface area contributed by atoms with Crippen LogP contribution in [0.15, 0.2) is 24.3 Å². The zero-order chi connectivity index (χ0) is 12.2. The molecule has 0 bridgehead atoms. The Balaban J connectivity index is 2.61. The normalized spacial score (nSPS) is 11.1. The minimum Gasteiger partial charge on any atom is -0.476 e. The number of rotatable bonds is 5. The third-order valence-corrected chi connectivity index (χ3v) is 2.21. The highest BCUT2D eigenvalue weighted by atomic mass is 32.2. The van der Waals surface area contributed by atoms with Crippen LogP contribution in [0.3, 0.4) is 0 Å². The minimum absolute atomic E-state index is 0.0678. The van der Waals surface area contributed by atoms with E-state index in [4.69, 9.17) is 9.88 Å². The topological polar surface area (TPSA) is 86.5 Å². The van der Waals surface area contributed by atoms with Crippen molar-refractivity contribution in [2.75, 3.05) is 5.94 Å². The lowest BCUT2D eigenvalue weighted by Gasteiger charge is -2.05. The number of sulfonamides is 1. The van der Waals surface area contributed by atoms with Gasteiger partial charge in [-0.15, -0.1) is 0 Å². The van der Waals surface area contributed by atoms with Crippen LogP contribution in [0.5, 0.6) is 5.75 Å². The number of primary sulfonamides is 1. The van der Waals surface area contributed by atoms with Gasteiger partial charge in [-0.1, -0.05) is 12.1 Å². The molecule has 0 unspecified atom stereocenters. The van der Waals surface area contributed by atoms with Gasteiger partial charge in [0.1, 0.15) is 11.5 Å². The van der Waals surface area contributed by atoms with Gasteiger partial charge in [0.2, 0.25) is 16.0 Å². The molecule has 0 saturated heterocycles. The second-order valence-electron chi connectivity index (χ2n) is 3.45. The quantitative estimate of drug-likeness (QED) is 0.813. The van der Waals surface area contributed by atoms with Gasteiger partial charge >= 0.3 is 0 Å². The van der Waals surface area contributed by atoms with Gasteiger partial charge in [-0.3, -0.25) is 4.79 Å². The molecule has 0 aliphatic carbocycles. The van der Waals surface area contributed by atoms with Gasteiger partial charge in [-0.05, 0) is 24.6 Å². The third-order valence-electron chi connectivity index (χ3n) is 1.77. The molecule has 0 amide bonds. The van der Waals surface area contributed by atoms with Crippen LogP contribution in [-0.2, 0) is 21.2 Å². The van der Waals surface area contributed by atoms with E-state index >= 15 is 0 Å². The van der Waals surface area contributed by atoms with E-state index < -0.39 is 16.0 Å². The zero-order valence-corrected chi connectivity index (χ0v) is 9.66. The summed E-state index contributed by atoms with van der Waals surface area (Å²) in [6, 6.07) is 6.62. The predicted octanol–water partition coefficient (Wildman–Crippen LogP) is 0.443. The number of nitrogens with two attached hydrogens (primary N) is 1. The molecule has 6 heteroatoms. The van der Waals surface area contributed by atoms with Crippen molar-refractivity contribution >= 4 is 15.8 Å². The van der Waals surface area contributed by atoms with Gasteiger partial charge in [0.05, 0.1) is 0 Å². The maximum absolute atomic E-state index is 10.8. The van der Waals surface area contributed by atoms with E-state index in [1.165, 1.54) is 6.92 Å². The number of carbonyl (C=O) groups is 1. The first kappa shape index (κ1) is 12.7. The van der Waals surface area contributed by atoms with Crippen LogP contribution in [-0.4, -0.2) is 20.1 Å². The fraction of sp³-hybridized carbons (Fsp3) is 0.300. The molecule has 0 radical (unpaired) electrons. The molecule has 5 nitrogen and oxygen atoms in total. The molecule has 0 fully saturated rings. The van der Waals surface area contributed by atoms with Crippen LogP contribution >= 0.6 is 0 Å². The molecule has 1 aromatic carbocycles. The Morgan fingerprint density at radius 3 is 2.31 bits per heavy atom. The fourth-order valence-electron chi connectivity index (χ4n) is 1.14. The van der Waals surface area contributed by atoms with Crippen LogP contribution < -0.4 is 9.88 Å². The first-order valence-electron chi connectivity index (χ1n) is 4.58. The number of ether oxygens (including phenoxy) is 1. The standard InChI is InChI=1S/C10H13NO4S/c1-8(12)6-9-2-4-10(5-3-9)15-7-16(11,13)14/h2-5H,6-7H2,1H3,(H2,11,13,14). The van der Waals surface area contributed by atoms with Crippen molar-refractivity contribution in [3.8, 4) is 5.75 Å². The summed E-state index contributed by atoms with van der Waals surface area (Å²) >= 11 is 0. The lowest BCUT2D eigenvalue weighted by Crippen LogP contribution is -2.20. The maximum atomic E-state index is 10.8. The highest BCUT2D eigenvalue weighted by Gasteiger charge is 2.04. The Morgan fingerprint density at radius 2 is 1.88 bits per heavy atom. The van der Waals surface area contributed by atoms with Gasteiger partial charge in [0.15, 0.2) is 0 Å². The average Bonchev–Trinajstić information content (AvgIpc) is 2.14. The van der Waals surface area contributed by atoms with Crippen LogP contribution in [0, 0.1) is 0 Å². The van der Waals surface area contributed by atoms with Gasteiger partial charge in [-0.2, -0.15) is 0 Å². The number of carbonyl (C=O) groups excluding carboxylic acids is 1. The summed E-state index contributed by atoms with van der Waals surface area (Å²) in [4.78, 5) is 10.8. The second kappa shape index (κ2) is 5.09. The molecule has 1 aromatic rings. The first-order valence-corrected chi connectivity index (χ1v) is 6.30. The summed E-state index contributed by atoms with van der Waals surface area (Å²) in [5, 5.41) is 4.78. The van der Waals surface area contributed by atoms with Gasteiger partial charge in [0, 0.05) is 6.42 Å². The Hall–Kier alpha value is -1.40. The van der Waals surface area contributed by atoms with Crippen LogP contribution in [0.25, 0.3) is 0 Å². The summed E-state index contributed by atoms with van der Waals surface area (Å²) in [7, 11) is -3.63. The first-order chi connectivity index (χ1) is 7.37. The van der Waals surface area contributed by atoms with Crippen LogP contribution in [0.1, 0.15) is 12.5 Å². The lowest BCUT2D eigenvalue weighted by atomic mass is 10.1. The molecule has 16 heavy (non-hydrogen) atoms. The summed E-state index contributed by atoms with van der Waals surface area (Å²) in [6.45, 7) is 1.51. The number of hydrogen-bond acceptors (Lipinski definition) is 4. The van der Waals surface area contributed by atoms with E-state index in [1.54, 1.807) is 24.3 Å². The van der Waals surface area contributed by atoms with E-state index in [2.05, 4.69) is 0 Å². The predicted molar refractivity (Wildman–Crippen MR) is 59.4 cm³/mol. The molecule has 1 rings (SSSR count). The highest BCUT2D eigenvalue weighted by Crippen LogP contribution is 2.12. The van der Waals surface area contributed by atoms with E-state index in [9.17, 15) is 13.2 Å². The Labute approximate surface area is 94.3 Å². The Kier molecular flexibility index (Phi) is 4.03. The molecule has 0 saturated carbocycles. The van der Waals surface area contributed by atoms with Crippen LogP contribution in [0.2, 0.25) is 0 Å². The average molecular weight is 243 g/mol. The molecule has 88 valence electrons. The number of benzene rings is 1. The zero-order valence-electron chi connectivity index (χ0n) is 8.84. The molecule has 2 N–H and O–H groups in total. The molecule has 0 aromatic heterocycles. The summed E-state index contributed by atoms with van der Waals surface area (Å²) < 4.78 is 26.2. The number of Topliss-reactive ketones (excluding diaryl/α,β-unsaturated/α-hetero) is 1. The van der Waals surface area contributed by atoms with E-state index in [-0.39, 0.29) is 5.78 Å². The van der Waals surface area contributed by atoms with Crippen molar-refractivity contribution < 1.29 is 17.9 Å². The Morgan fingerprint density at radius 1 is 1.31 bits per heavy atom. The smallest absolute Gasteiger partial charge is 0.244 e. The van der Waals surface area contributed by atoms with E-state index in [0.29, 0.717) is 12.2 Å². The molecular weight excluding hydrogens is 230 g/mol. The molecule has 0 spiro atoms. The monoisotopic (exact) mass is 243 g/mol. The largest absolute Gasteiger partial charge is 0.476 e. The molecule has 0 heterocycles. The second-order valence-corrected chi connectivity index (χ2v) is 5.01. The SMILES string of the molecule is CC(=O)Cc1ccc(OCS(N)(=O)=O)cc1. The van der Waals surface area contributed by atoms with Crippen molar-refractivity contribution in [1.29, 1.82) is 0 Å². The van der Waals surface area contributed by atoms with Crippen molar-refractivity contribution in [3.63, 3.8) is 0 Å². The Bertz CT molecular complexity index is 464. The molecule has 0 aliphatic rings. The van der Waals surface area contributed by atoms with Gasteiger partial charge < -0.3 is 4.74 Å².